The minimum absolute atomic E-state index is 0.717. The first kappa shape index (κ1) is 14.8. The van der Waals surface area contributed by atoms with Gasteiger partial charge in [0.25, 0.3) is 0 Å². The minimum atomic E-state index is -1.05. The molecular formula is C15H14N2OS3. The van der Waals surface area contributed by atoms with Gasteiger partial charge in [0.05, 0.1) is 9.10 Å². The molecule has 21 heavy (non-hydrogen) atoms. The second kappa shape index (κ2) is 6.75. The SMILES string of the molecule is N#Cc1ccc(Sc2cccc(S(=O)N3CCCC3)c2)s1. The summed E-state index contributed by atoms with van der Waals surface area (Å²) in [5, 5.41) is 8.86. The van der Waals surface area contributed by atoms with Crippen molar-refractivity contribution in [2.75, 3.05) is 13.1 Å². The quantitative estimate of drug-likeness (QED) is 0.852. The summed E-state index contributed by atoms with van der Waals surface area (Å²) in [6.45, 7) is 1.83. The zero-order valence-corrected chi connectivity index (χ0v) is 13.8. The smallest absolute Gasteiger partial charge is 0.127 e. The van der Waals surface area contributed by atoms with Crippen molar-refractivity contribution in [1.82, 2.24) is 4.31 Å². The Hall–Kier alpha value is -1.13. The van der Waals surface area contributed by atoms with Gasteiger partial charge in [-0.05, 0) is 43.2 Å². The number of hydrogen-bond donors (Lipinski definition) is 0. The Bertz CT molecular complexity index is 699. The predicted molar refractivity (Wildman–Crippen MR) is 86.8 cm³/mol. The number of nitrogens with zero attached hydrogens (tertiary/aromatic N) is 2. The first-order valence-corrected chi connectivity index (χ1v) is 9.45. The topological polar surface area (TPSA) is 44.1 Å². The lowest BCUT2D eigenvalue weighted by atomic mass is 10.4. The third-order valence-corrected chi connectivity index (χ3v) is 6.82. The van der Waals surface area contributed by atoms with Crippen LogP contribution in [0.25, 0.3) is 0 Å². The third kappa shape index (κ3) is 3.55. The van der Waals surface area contributed by atoms with Gasteiger partial charge < -0.3 is 0 Å². The molecule has 1 atom stereocenters. The van der Waals surface area contributed by atoms with Crippen LogP contribution in [0.2, 0.25) is 0 Å². The molecule has 1 unspecified atom stereocenters. The maximum absolute atomic E-state index is 12.5. The van der Waals surface area contributed by atoms with Gasteiger partial charge in [-0.1, -0.05) is 17.8 Å². The van der Waals surface area contributed by atoms with Gasteiger partial charge in [-0.2, -0.15) is 5.26 Å². The highest BCUT2D eigenvalue weighted by atomic mass is 32.2. The summed E-state index contributed by atoms with van der Waals surface area (Å²) in [4.78, 5) is 2.64. The summed E-state index contributed by atoms with van der Waals surface area (Å²) in [5.41, 5.74) is 0. The van der Waals surface area contributed by atoms with Crippen LogP contribution in [0.1, 0.15) is 17.7 Å². The number of hydrogen-bond acceptors (Lipinski definition) is 4. The molecule has 0 radical (unpaired) electrons. The molecule has 6 heteroatoms. The summed E-state index contributed by atoms with van der Waals surface area (Å²) < 4.78 is 15.6. The molecule has 1 aliphatic rings. The maximum Gasteiger partial charge on any atom is 0.127 e. The molecule has 2 heterocycles. The molecular weight excluding hydrogens is 320 g/mol. The van der Waals surface area contributed by atoms with Crippen LogP contribution in [-0.2, 0) is 11.0 Å². The van der Waals surface area contributed by atoms with E-state index in [9.17, 15) is 4.21 Å². The Kier molecular flexibility index (Phi) is 4.76. The van der Waals surface area contributed by atoms with E-state index in [0.29, 0.717) is 4.88 Å². The standard InChI is InChI=1S/C15H14N2OS3/c16-11-13-6-7-15(20-13)19-12-4-3-5-14(10-12)21(18)17-8-1-2-9-17/h3-7,10H,1-2,8-9H2. The number of rotatable bonds is 4. The van der Waals surface area contributed by atoms with Crippen molar-refractivity contribution in [2.24, 2.45) is 0 Å². The van der Waals surface area contributed by atoms with E-state index < -0.39 is 11.0 Å². The normalized spacial score (nSPS) is 16.7. The molecule has 3 nitrogen and oxygen atoms in total. The largest absolute Gasteiger partial charge is 0.237 e. The Morgan fingerprint density at radius 3 is 2.76 bits per heavy atom. The summed E-state index contributed by atoms with van der Waals surface area (Å²) in [7, 11) is -1.05. The third-order valence-electron chi connectivity index (χ3n) is 3.22. The van der Waals surface area contributed by atoms with Crippen LogP contribution >= 0.6 is 23.1 Å². The molecule has 1 saturated heterocycles. The average molecular weight is 334 g/mol. The van der Waals surface area contributed by atoms with Crippen LogP contribution in [-0.4, -0.2) is 21.6 Å². The Morgan fingerprint density at radius 1 is 1.24 bits per heavy atom. The fraction of sp³-hybridized carbons (Fsp3) is 0.267. The molecule has 2 aromatic rings. The second-order valence-electron chi connectivity index (χ2n) is 4.69. The number of nitriles is 1. The monoisotopic (exact) mass is 334 g/mol. The Morgan fingerprint density at radius 2 is 2.05 bits per heavy atom. The van der Waals surface area contributed by atoms with E-state index >= 15 is 0 Å². The summed E-state index contributed by atoms with van der Waals surface area (Å²) in [6.07, 6.45) is 2.26. The van der Waals surface area contributed by atoms with E-state index in [1.807, 2.05) is 40.7 Å². The van der Waals surface area contributed by atoms with E-state index in [4.69, 9.17) is 5.26 Å². The van der Waals surface area contributed by atoms with E-state index in [1.54, 1.807) is 11.8 Å². The molecule has 0 aliphatic carbocycles. The molecule has 0 amide bonds. The van der Waals surface area contributed by atoms with Gasteiger partial charge in [0, 0.05) is 18.0 Å². The molecule has 1 aromatic heterocycles. The zero-order chi connectivity index (χ0) is 14.7. The van der Waals surface area contributed by atoms with E-state index in [1.165, 1.54) is 11.3 Å². The Labute approximate surface area is 135 Å². The number of thiophene rings is 1. The molecule has 0 bridgehead atoms. The van der Waals surface area contributed by atoms with Gasteiger partial charge in [-0.3, -0.25) is 0 Å². The molecule has 0 spiro atoms. The highest BCUT2D eigenvalue weighted by molar-refractivity contribution is 8.01. The number of benzene rings is 1. The van der Waals surface area contributed by atoms with Crippen LogP contribution in [0.4, 0.5) is 0 Å². The fourth-order valence-corrected chi connectivity index (χ4v) is 5.55. The van der Waals surface area contributed by atoms with Gasteiger partial charge in [-0.25, -0.2) is 8.51 Å². The van der Waals surface area contributed by atoms with Gasteiger partial charge in [0.1, 0.15) is 21.9 Å². The van der Waals surface area contributed by atoms with Gasteiger partial charge in [-0.15, -0.1) is 11.3 Å². The fourth-order valence-electron chi connectivity index (χ4n) is 2.20. The predicted octanol–water partition coefficient (Wildman–Crippen LogP) is 3.89. The lowest BCUT2D eigenvalue weighted by Crippen LogP contribution is -2.21. The molecule has 1 aliphatic heterocycles. The molecule has 0 saturated carbocycles. The first-order chi connectivity index (χ1) is 10.3. The molecule has 3 rings (SSSR count). The molecule has 108 valence electrons. The van der Waals surface area contributed by atoms with Crippen LogP contribution in [0, 0.1) is 11.3 Å². The van der Waals surface area contributed by atoms with Crippen LogP contribution < -0.4 is 0 Å². The van der Waals surface area contributed by atoms with Gasteiger partial charge in [0.2, 0.25) is 0 Å². The van der Waals surface area contributed by atoms with Crippen LogP contribution in [0.15, 0.2) is 50.4 Å². The van der Waals surface area contributed by atoms with Crippen molar-refractivity contribution in [1.29, 1.82) is 5.26 Å². The average Bonchev–Trinajstić information content (AvgIpc) is 3.18. The first-order valence-electron chi connectivity index (χ1n) is 6.71. The highest BCUT2D eigenvalue weighted by Crippen LogP contribution is 2.34. The van der Waals surface area contributed by atoms with Crippen LogP contribution in [0.5, 0.6) is 0 Å². The van der Waals surface area contributed by atoms with Crippen LogP contribution in [0.3, 0.4) is 0 Å². The van der Waals surface area contributed by atoms with E-state index in [-0.39, 0.29) is 0 Å². The van der Waals surface area contributed by atoms with Crippen molar-refractivity contribution in [3.05, 3.63) is 41.3 Å². The van der Waals surface area contributed by atoms with Crippen molar-refractivity contribution in [3.63, 3.8) is 0 Å². The maximum atomic E-state index is 12.5. The lowest BCUT2D eigenvalue weighted by molar-refractivity contribution is 0.535. The van der Waals surface area contributed by atoms with Crippen molar-refractivity contribution in [3.8, 4) is 6.07 Å². The summed E-state index contributed by atoms with van der Waals surface area (Å²) in [5.74, 6) is 0. The minimum Gasteiger partial charge on any atom is -0.237 e. The molecule has 1 fully saturated rings. The van der Waals surface area contributed by atoms with Crippen molar-refractivity contribution < 1.29 is 4.21 Å². The van der Waals surface area contributed by atoms with E-state index in [0.717, 1.165) is 39.9 Å². The lowest BCUT2D eigenvalue weighted by Gasteiger charge is -2.14. The highest BCUT2D eigenvalue weighted by Gasteiger charge is 2.19. The van der Waals surface area contributed by atoms with Crippen molar-refractivity contribution in [2.45, 2.75) is 26.8 Å². The zero-order valence-electron chi connectivity index (χ0n) is 11.3. The van der Waals surface area contributed by atoms with E-state index in [2.05, 4.69) is 6.07 Å². The Balaban J connectivity index is 1.76. The second-order valence-corrected chi connectivity index (χ2v) is 8.64. The molecule has 0 N–H and O–H groups in total. The molecule has 1 aromatic carbocycles. The van der Waals surface area contributed by atoms with Gasteiger partial charge >= 0.3 is 0 Å². The van der Waals surface area contributed by atoms with Gasteiger partial charge in [0.15, 0.2) is 0 Å². The van der Waals surface area contributed by atoms with Crippen molar-refractivity contribution >= 4 is 34.1 Å². The summed E-state index contributed by atoms with van der Waals surface area (Å²) >= 11 is 3.10. The summed E-state index contributed by atoms with van der Waals surface area (Å²) in [6, 6.07) is 13.8.